The minimum Gasteiger partial charge on any atom is -0.351 e. The van der Waals surface area contributed by atoms with Crippen molar-refractivity contribution in [1.29, 1.82) is 0 Å². The number of carbonyl (C=O) groups is 2. The normalized spacial score (nSPS) is 25.9. The minimum atomic E-state index is -0.411. The van der Waals surface area contributed by atoms with E-state index in [9.17, 15) is 9.59 Å². The summed E-state index contributed by atoms with van der Waals surface area (Å²) in [4.78, 5) is 32.0. The first kappa shape index (κ1) is 18.9. The van der Waals surface area contributed by atoms with Crippen LogP contribution in [0.25, 0.3) is 0 Å². The molecule has 0 unspecified atom stereocenters. The molecule has 3 rings (SSSR count). The summed E-state index contributed by atoms with van der Waals surface area (Å²) in [5.74, 6) is 0.906. The lowest BCUT2D eigenvalue weighted by atomic mass is 9.64. The van der Waals surface area contributed by atoms with Crippen LogP contribution in [0, 0.1) is 11.3 Å². The van der Waals surface area contributed by atoms with Gasteiger partial charge in [-0.25, -0.2) is 0 Å². The molecule has 2 fully saturated rings. The van der Waals surface area contributed by atoms with Gasteiger partial charge in [-0.1, -0.05) is 32.8 Å². The molecule has 1 saturated carbocycles. The Labute approximate surface area is 156 Å². The maximum absolute atomic E-state index is 13.2. The summed E-state index contributed by atoms with van der Waals surface area (Å²) >= 11 is 0. The van der Waals surface area contributed by atoms with Crippen molar-refractivity contribution in [3.63, 3.8) is 0 Å². The Bertz CT molecular complexity index is 631. The van der Waals surface area contributed by atoms with Crippen LogP contribution in [-0.2, 0) is 16.1 Å². The third kappa shape index (κ3) is 3.92. The van der Waals surface area contributed by atoms with Gasteiger partial charge in [-0.15, -0.1) is 0 Å². The van der Waals surface area contributed by atoms with Crippen LogP contribution in [-0.4, -0.2) is 34.3 Å². The van der Waals surface area contributed by atoms with Gasteiger partial charge in [-0.3, -0.25) is 14.6 Å². The molecule has 2 aliphatic rings. The van der Waals surface area contributed by atoms with Gasteiger partial charge in [0.1, 0.15) is 0 Å². The van der Waals surface area contributed by atoms with Gasteiger partial charge < -0.3 is 10.2 Å². The second-order valence-electron chi connectivity index (χ2n) is 8.23. The highest BCUT2D eigenvalue weighted by atomic mass is 16.2. The van der Waals surface area contributed by atoms with Crippen LogP contribution in [0.1, 0.15) is 64.4 Å². The largest absolute Gasteiger partial charge is 0.351 e. The van der Waals surface area contributed by atoms with E-state index in [1.807, 2.05) is 17.0 Å². The highest BCUT2D eigenvalue weighted by molar-refractivity contribution is 5.88. The third-order valence-electron chi connectivity index (χ3n) is 6.05. The highest BCUT2D eigenvalue weighted by Crippen LogP contribution is 2.46. The fraction of sp³-hybridized carbons (Fsp3) is 0.667. The zero-order valence-electron chi connectivity index (χ0n) is 16.0. The number of rotatable bonds is 6. The Morgan fingerprint density at radius 2 is 2.23 bits per heavy atom. The van der Waals surface area contributed by atoms with E-state index in [1.165, 1.54) is 0 Å². The van der Waals surface area contributed by atoms with Gasteiger partial charge in [0.15, 0.2) is 0 Å². The lowest BCUT2D eigenvalue weighted by Gasteiger charge is -2.51. The smallest absolute Gasteiger partial charge is 0.228 e. The number of amides is 2. The molecule has 0 bridgehead atoms. The number of likely N-dealkylation sites (tertiary alicyclic amines) is 1. The molecule has 2 heterocycles. The van der Waals surface area contributed by atoms with Crippen LogP contribution < -0.4 is 5.32 Å². The first-order valence-corrected chi connectivity index (χ1v) is 9.99. The van der Waals surface area contributed by atoms with E-state index < -0.39 is 5.41 Å². The number of fused-ring (bicyclic) bond motifs is 1. The Morgan fingerprint density at radius 1 is 1.38 bits per heavy atom. The number of nitrogens with zero attached hydrogens (tertiary/aromatic N) is 2. The van der Waals surface area contributed by atoms with Crippen LogP contribution in [0.4, 0.5) is 0 Å². The molecule has 26 heavy (non-hydrogen) atoms. The average Bonchev–Trinajstić information content (AvgIpc) is 2.66. The summed E-state index contributed by atoms with van der Waals surface area (Å²) in [6, 6.07) is 3.92. The number of aromatic nitrogens is 1. The highest BCUT2D eigenvalue weighted by Gasteiger charge is 2.52. The van der Waals surface area contributed by atoms with Crippen molar-refractivity contribution in [2.24, 2.45) is 11.3 Å². The van der Waals surface area contributed by atoms with Crippen molar-refractivity contribution < 1.29 is 9.59 Å². The third-order valence-corrected chi connectivity index (χ3v) is 6.05. The maximum atomic E-state index is 13.2. The topological polar surface area (TPSA) is 62.3 Å². The van der Waals surface area contributed by atoms with E-state index >= 15 is 0 Å². The zero-order valence-corrected chi connectivity index (χ0v) is 16.0. The van der Waals surface area contributed by atoms with Crippen LogP contribution in [0.5, 0.6) is 0 Å². The van der Waals surface area contributed by atoms with Gasteiger partial charge in [-0.2, -0.15) is 0 Å². The molecule has 5 heteroatoms. The van der Waals surface area contributed by atoms with E-state index in [-0.39, 0.29) is 17.9 Å². The summed E-state index contributed by atoms with van der Waals surface area (Å²) in [6.07, 6.45) is 9.72. The fourth-order valence-corrected chi connectivity index (χ4v) is 4.53. The number of hydrogen-bond acceptors (Lipinski definition) is 3. The van der Waals surface area contributed by atoms with Crippen LogP contribution in [0.2, 0.25) is 0 Å². The SMILES string of the molecule is CC(C)CCN1C(=O)CC[C@]2(C(=O)NCc3cccnc3)CCCC[C@@H]12. The molecule has 2 atom stereocenters. The molecule has 1 aromatic rings. The predicted octanol–water partition coefficient (Wildman–Crippen LogP) is 3.30. The van der Waals surface area contributed by atoms with Gasteiger partial charge in [0.25, 0.3) is 0 Å². The van der Waals surface area contributed by atoms with Gasteiger partial charge in [0, 0.05) is 37.9 Å². The van der Waals surface area contributed by atoms with E-state index in [2.05, 4.69) is 24.1 Å². The maximum Gasteiger partial charge on any atom is 0.228 e. The van der Waals surface area contributed by atoms with Crippen molar-refractivity contribution >= 4 is 11.8 Å². The van der Waals surface area contributed by atoms with E-state index in [0.29, 0.717) is 25.3 Å². The number of nitrogens with one attached hydrogen (secondary N) is 1. The first-order chi connectivity index (χ1) is 12.5. The van der Waals surface area contributed by atoms with Gasteiger partial charge in [0.2, 0.25) is 11.8 Å². The summed E-state index contributed by atoms with van der Waals surface area (Å²) in [5.41, 5.74) is 0.596. The molecule has 2 amide bonds. The number of hydrogen-bond donors (Lipinski definition) is 1. The van der Waals surface area contributed by atoms with Gasteiger partial charge in [-0.05, 0) is 43.2 Å². The molecule has 142 valence electrons. The Balaban J connectivity index is 1.75. The fourth-order valence-electron chi connectivity index (χ4n) is 4.53. The van der Waals surface area contributed by atoms with Crippen molar-refractivity contribution in [2.75, 3.05) is 6.54 Å². The van der Waals surface area contributed by atoms with Crippen molar-refractivity contribution in [3.8, 4) is 0 Å². The zero-order chi connectivity index (χ0) is 18.6. The van der Waals surface area contributed by atoms with Crippen molar-refractivity contribution in [1.82, 2.24) is 15.2 Å². The molecule has 1 aliphatic heterocycles. The number of carbonyl (C=O) groups excluding carboxylic acids is 2. The summed E-state index contributed by atoms with van der Waals surface area (Å²) in [6.45, 7) is 5.65. The monoisotopic (exact) mass is 357 g/mol. The van der Waals surface area contributed by atoms with E-state index in [1.54, 1.807) is 12.4 Å². The average molecular weight is 357 g/mol. The summed E-state index contributed by atoms with van der Waals surface area (Å²) < 4.78 is 0. The lowest BCUT2D eigenvalue weighted by Crippen LogP contribution is -2.61. The molecule has 1 aromatic heterocycles. The summed E-state index contributed by atoms with van der Waals surface area (Å²) in [5, 5.41) is 3.14. The lowest BCUT2D eigenvalue weighted by molar-refractivity contribution is -0.155. The van der Waals surface area contributed by atoms with E-state index in [0.717, 1.165) is 44.2 Å². The van der Waals surface area contributed by atoms with Crippen molar-refractivity contribution in [3.05, 3.63) is 30.1 Å². The standard InChI is InChI=1S/C21H31N3O2/c1-16(2)9-13-24-18-7-3-4-10-21(18,11-8-19(24)25)20(26)23-15-17-6-5-12-22-14-17/h5-6,12,14,16,18H,3-4,7-11,13,15H2,1-2H3,(H,23,26)/t18-,21-/m1/s1. The Hall–Kier alpha value is -1.91. The van der Waals surface area contributed by atoms with Gasteiger partial charge >= 0.3 is 0 Å². The molecule has 1 N–H and O–H groups in total. The molecule has 0 aromatic carbocycles. The van der Waals surface area contributed by atoms with Gasteiger partial charge in [0.05, 0.1) is 5.41 Å². The summed E-state index contributed by atoms with van der Waals surface area (Å²) in [7, 11) is 0. The quantitative estimate of drug-likeness (QED) is 0.850. The van der Waals surface area contributed by atoms with E-state index in [4.69, 9.17) is 0 Å². The number of pyridine rings is 1. The molecule has 5 nitrogen and oxygen atoms in total. The predicted molar refractivity (Wildman–Crippen MR) is 101 cm³/mol. The first-order valence-electron chi connectivity index (χ1n) is 9.99. The number of piperidine rings is 1. The van der Waals surface area contributed by atoms with Crippen LogP contribution in [0.3, 0.4) is 0 Å². The minimum absolute atomic E-state index is 0.0603. The molecule has 0 radical (unpaired) electrons. The molecule has 0 spiro atoms. The Morgan fingerprint density at radius 3 is 2.96 bits per heavy atom. The van der Waals surface area contributed by atoms with Crippen molar-refractivity contribution in [2.45, 2.75) is 71.4 Å². The molecular formula is C21H31N3O2. The molecule has 1 saturated heterocycles. The van der Waals surface area contributed by atoms with Crippen LogP contribution >= 0.6 is 0 Å². The second-order valence-corrected chi connectivity index (χ2v) is 8.23. The molecular weight excluding hydrogens is 326 g/mol. The Kier molecular flexibility index (Phi) is 5.94. The van der Waals surface area contributed by atoms with Crippen LogP contribution in [0.15, 0.2) is 24.5 Å². The second kappa shape index (κ2) is 8.19. The molecule has 1 aliphatic carbocycles.